The molecule has 0 saturated heterocycles. The maximum Gasteiger partial charge on any atom is 0.291 e. The van der Waals surface area contributed by atoms with Crippen LogP contribution in [0.1, 0.15) is 63.4 Å². The largest absolute Gasteiger partial charge is 0.475 e. The van der Waals surface area contributed by atoms with E-state index in [1.165, 1.54) is 31.0 Å². The maximum absolute atomic E-state index is 13.2. The van der Waals surface area contributed by atoms with E-state index in [9.17, 15) is 4.79 Å². The fourth-order valence-electron chi connectivity index (χ4n) is 5.36. The van der Waals surface area contributed by atoms with Crippen LogP contribution < -0.4 is 10.1 Å². The number of hydrogen-bond acceptors (Lipinski definition) is 5. The lowest BCUT2D eigenvalue weighted by Gasteiger charge is -2.47. The number of nitrogens with one attached hydrogen (secondary N) is 1. The van der Waals surface area contributed by atoms with E-state index >= 15 is 0 Å². The molecule has 6 heteroatoms. The number of hydrogen-bond donors (Lipinski definition) is 1. The number of carbonyl (C=O) groups is 1. The minimum atomic E-state index is -0.197. The highest BCUT2D eigenvalue weighted by atomic mass is 32.2. The summed E-state index contributed by atoms with van der Waals surface area (Å²) >= 11 is 1.45. The summed E-state index contributed by atoms with van der Waals surface area (Å²) in [4.78, 5) is 14.9. The van der Waals surface area contributed by atoms with Crippen molar-refractivity contribution in [2.24, 2.45) is 17.8 Å². The predicted octanol–water partition coefficient (Wildman–Crippen LogP) is 5.56. The first kappa shape index (κ1) is 20.3. The molecule has 4 rings (SSSR count). The molecule has 1 N–H and O–H groups in total. The minimum absolute atomic E-state index is 0.196. The van der Waals surface area contributed by atoms with Crippen molar-refractivity contribution in [1.82, 2.24) is 10.5 Å². The molecule has 1 aromatic heterocycles. The summed E-state index contributed by atoms with van der Waals surface area (Å²) in [6.07, 6.45) is 5.92. The summed E-state index contributed by atoms with van der Waals surface area (Å²) in [5.41, 5.74) is -0.196. The van der Waals surface area contributed by atoms with E-state index in [4.69, 9.17) is 9.26 Å². The Kier molecular flexibility index (Phi) is 5.91. The highest BCUT2D eigenvalue weighted by Crippen LogP contribution is 2.46. The van der Waals surface area contributed by atoms with Gasteiger partial charge in [-0.1, -0.05) is 36.9 Å². The number of nitrogens with zero attached hydrogens (tertiary/aromatic N) is 1. The molecule has 2 fully saturated rings. The van der Waals surface area contributed by atoms with Gasteiger partial charge in [-0.05, 0) is 81.0 Å². The van der Waals surface area contributed by atoms with Gasteiger partial charge in [0.25, 0.3) is 11.8 Å². The van der Waals surface area contributed by atoms with Crippen molar-refractivity contribution >= 4 is 17.7 Å². The molecule has 29 heavy (non-hydrogen) atoms. The van der Waals surface area contributed by atoms with Crippen LogP contribution in [0.2, 0.25) is 0 Å². The number of ether oxygens (including phenoxy) is 1. The first-order valence-corrected chi connectivity index (χ1v) is 11.5. The summed E-state index contributed by atoms with van der Waals surface area (Å²) in [6, 6.07) is 9.91. The molecule has 2 aliphatic carbocycles. The van der Waals surface area contributed by atoms with E-state index in [1.54, 1.807) is 0 Å². The molecular weight excluding hydrogens is 384 g/mol. The molecule has 156 valence electrons. The van der Waals surface area contributed by atoms with Gasteiger partial charge in [0.1, 0.15) is 4.90 Å². The normalized spacial score (nSPS) is 28.7. The zero-order valence-electron chi connectivity index (χ0n) is 17.4. The quantitative estimate of drug-likeness (QED) is 0.670. The van der Waals surface area contributed by atoms with Gasteiger partial charge in [0.05, 0.1) is 6.61 Å². The number of benzene rings is 1. The molecule has 2 atom stereocenters. The van der Waals surface area contributed by atoms with E-state index in [-0.39, 0.29) is 17.2 Å². The molecule has 0 spiro atoms. The van der Waals surface area contributed by atoms with Crippen LogP contribution in [0.15, 0.2) is 44.6 Å². The molecule has 1 aromatic carbocycles. The molecule has 0 radical (unpaired) electrons. The summed E-state index contributed by atoms with van der Waals surface area (Å²) in [5.74, 6) is 2.64. The first-order valence-electron chi connectivity index (χ1n) is 10.6. The van der Waals surface area contributed by atoms with E-state index in [0.29, 0.717) is 29.2 Å². The van der Waals surface area contributed by atoms with Crippen molar-refractivity contribution in [3.05, 3.63) is 36.1 Å². The van der Waals surface area contributed by atoms with Gasteiger partial charge in [-0.2, -0.15) is 0 Å². The maximum atomic E-state index is 13.2. The number of fused-ring (bicyclic) bond motifs is 2. The van der Waals surface area contributed by atoms with E-state index in [1.807, 2.05) is 37.3 Å². The second-order valence-electron chi connectivity index (χ2n) is 8.96. The monoisotopic (exact) mass is 414 g/mol. The third kappa shape index (κ3) is 4.63. The Labute approximate surface area is 176 Å². The Morgan fingerprint density at radius 3 is 2.59 bits per heavy atom. The molecule has 2 saturated carbocycles. The van der Waals surface area contributed by atoms with Gasteiger partial charge in [0.2, 0.25) is 5.76 Å². The molecule has 1 heterocycles. The summed E-state index contributed by atoms with van der Waals surface area (Å²) in [5, 5.41) is 7.32. The second kappa shape index (κ2) is 8.42. The second-order valence-corrected chi connectivity index (χ2v) is 10.0. The van der Waals surface area contributed by atoms with E-state index in [0.717, 1.165) is 23.7 Å². The van der Waals surface area contributed by atoms with Crippen LogP contribution in [0, 0.1) is 17.8 Å². The predicted molar refractivity (Wildman–Crippen MR) is 113 cm³/mol. The SMILES string of the molecule is CCOc1noc(C(=O)NC2(C)CC3CC(C)CC(C3)C2)c1Sc1ccccc1. The van der Waals surface area contributed by atoms with Crippen LogP contribution >= 0.6 is 11.8 Å². The van der Waals surface area contributed by atoms with Gasteiger partial charge in [-0.3, -0.25) is 4.79 Å². The lowest BCUT2D eigenvalue weighted by Crippen LogP contribution is -2.52. The van der Waals surface area contributed by atoms with Crippen LogP contribution in [-0.4, -0.2) is 23.2 Å². The van der Waals surface area contributed by atoms with Crippen molar-refractivity contribution in [2.45, 2.75) is 68.2 Å². The number of amides is 1. The van der Waals surface area contributed by atoms with Gasteiger partial charge < -0.3 is 14.6 Å². The molecule has 2 unspecified atom stereocenters. The van der Waals surface area contributed by atoms with Gasteiger partial charge in [0.15, 0.2) is 0 Å². The smallest absolute Gasteiger partial charge is 0.291 e. The lowest BCUT2D eigenvalue weighted by atomic mass is 9.62. The minimum Gasteiger partial charge on any atom is -0.475 e. The fourth-order valence-corrected chi connectivity index (χ4v) is 6.29. The molecule has 2 aromatic rings. The van der Waals surface area contributed by atoms with E-state index in [2.05, 4.69) is 24.3 Å². The van der Waals surface area contributed by atoms with Crippen LogP contribution in [0.4, 0.5) is 0 Å². The van der Waals surface area contributed by atoms with Gasteiger partial charge >= 0.3 is 0 Å². The molecule has 0 aliphatic heterocycles. The third-order valence-corrected chi connectivity index (χ3v) is 7.17. The Hall–Kier alpha value is -1.95. The highest BCUT2D eigenvalue weighted by molar-refractivity contribution is 7.99. The van der Waals surface area contributed by atoms with Crippen molar-refractivity contribution in [3.8, 4) is 5.88 Å². The summed E-state index contributed by atoms with van der Waals surface area (Å²) in [6.45, 7) is 6.91. The number of rotatable bonds is 6. The van der Waals surface area contributed by atoms with Gasteiger partial charge in [0, 0.05) is 10.4 Å². The topological polar surface area (TPSA) is 64.4 Å². The standard InChI is InChI=1S/C23H30N2O3S/c1-4-27-22-20(29-18-8-6-5-7-9-18)19(28-25-22)21(26)24-23(3)13-16-10-15(2)11-17(12-16)14-23/h5-9,15-17H,4,10-14H2,1-3H3,(H,24,26). The molecule has 5 nitrogen and oxygen atoms in total. The average Bonchev–Trinajstić information content (AvgIpc) is 3.04. The zero-order valence-corrected chi connectivity index (χ0v) is 18.3. The lowest BCUT2D eigenvalue weighted by molar-refractivity contribution is 0.0591. The number of carbonyl (C=O) groups excluding carboxylic acids is 1. The van der Waals surface area contributed by atoms with Crippen LogP contribution in [0.5, 0.6) is 5.88 Å². The third-order valence-electron chi connectivity index (χ3n) is 6.10. The van der Waals surface area contributed by atoms with Crippen molar-refractivity contribution in [1.29, 1.82) is 0 Å². The van der Waals surface area contributed by atoms with Gasteiger partial charge in [-0.25, -0.2) is 0 Å². The average molecular weight is 415 g/mol. The van der Waals surface area contributed by atoms with E-state index < -0.39 is 0 Å². The summed E-state index contributed by atoms with van der Waals surface area (Å²) in [7, 11) is 0. The first-order chi connectivity index (χ1) is 14.0. The summed E-state index contributed by atoms with van der Waals surface area (Å²) < 4.78 is 11.1. The van der Waals surface area contributed by atoms with Gasteiger partial charge in [-0.15, -0.1) is 0 Å². The molecule has 2 aliphatic rings. The molecular formula is C23H30N2O3S. The van der Waals surface area contributed by atoms with Crippen molar-refractivity contribution in [3.63, 3.8) is 0 Å². The Morgan fingerprint density at radius 1 is 1.24 bits per heavy atom. The fraction of sp³-hybridized carbons (Fsp3) is 0.565. The Morgan fingerprint density at radius 2 is 1.93 bits per heavy atom. The van der Waals surface area contributed by atoms with Crippen molar-refractivity contribution in [2.75, 3.05) is 6.61 Å². The zero-order chi connectivity index (χ0) is 20.4. The highest BCUT2D eigenvalue weighted by Gasteiger charge is 2.42. The van der Waals surface area contributed by atoms with Crippen molar-refractivity contribution < 1.29 is 14.1 Å². The van der Waals surface area contributed by atoms with Crippen LogP contribution in [0.3, 0.4) is 0 Å². The molecule has 1 amide bonds. The molecule has 2 bridgehead atoms. The van der Waals surface area contributed by atoms with Crippen LogP contribution in [-0.2, 0) is 0 Å². The number of aromatic nitrogens is 1. The van der Waals surface area contributed by atoms with Crippen LogP contribution in [0.25, 0.3) is 0 Å². The Balaban J connectivity index is 1.54. The Bertz CT molecular complexity index is 833.